The number of methoxy groups -OCH3 is 2. The topological polar surface area (TPSA) is 120 Å². The molecule has 0 fully saturated rings. The van der Waals surface area contributed by atoms with Gasteiger partial charge in [-0.05, 0) is 32.4 Å². The van der Waals surface area contributed by atoms with Gasteiger partial charge in [0, 0.05) is 18.9 Å². The van der Waals surface area contributed by atoms with Crippen LogP contribution in [0, 0.1) is 6.92 Å². The Morgan fingerprint density at radius 3 is 2.46 bits per heavy atom. The molecule has 2 atom stereocenters. The summed E-state index contributed by atoms with van der Waals surface area (Å²) in [4.78, 5) is 45.5. The van der Waals surface area contributed by atoms with Gasteiger partial charge >= 0.3 is 11.9 Å². The number of ether oxygens (including phenoxy) is 3. The Hall–Kier alpha value is -3.14. The molecule has 0 radical (unpaired) electrons. The Labute approximate surface area is 212 Å². The lowest BCUT2D eigenvalue weighted by Crippen LogP contribution is -2.36. The Kier molecular flexibility index (Phi) is 8.37. The average molecular weight is 522 g/mol. The molecule has 0 amide bonds. The van der Waals surface area contributed by atoms with Crippen LogP contribution < -0.4 is 10.9 Å². The van der Waals surface area contributed by atoms with E-state index < -0.39 is 24.0 Å². The van der Waals surface area contributed by atoms with Crippen LogP contribution in [-0.4, -0.2) is 42.7 Å². The summed E-state index contributed by atoms with van der Waals surface area (Å²) in [5, 5.41) is 3.50. The number of carbonyl (C=O) groups excluding carboxylic acids is 2. The minimum absolute atomic E-state index is 0.0496. The normalized spacial score (nSPS) is 16.6. The number of nitrogens with one attached hydrogen (secondary N) is 2. The Morgan fingerprint density at radius 2 is 1.86 bits per heavy atom. The lowest BCUT2D eigenvalue weighted by molar-refractivity contribution is -0.139. The molecule has 1 aromatic heterocycles. The zero-order valence-electron chi connectivity index (χ0n) is 19.8. The second kappa shape index (κ2) is 11.1. The number of nitrogens with zero attached hydrogens (tertiary/aromatic N) is 1. The van der Waals surface area contributed by atoms with E-state index in [0.29, 0.717) is 17.1 Å². The van der Waals surface area contributed by atoms with Gasteiger partial charge in [-0.1, -0.05) is 35.3 Å². The molecule has 1 aliphatic heterocycles. The van der Waals surface area contributed by atoms with E-state index in [0.717, 1.165) is 0 Å². The minimum atomic E-state index is -1.01. The van der Waals surface area contributed by atoms with Gasteiger partial charge in [0.05, 0.1) is 52.2 Å². The molecule has 2 aromatic rings. The fourth-order valence-corrected chi connectivity index (χ4v) is 4.47. The summed E-state index contributed by atoms with van der Waals surface area (Å²) < 4.78 is 16.1. The van der Waals surface area contributed by atoms with Crippen LogP contribution in [-0.2, 0) is 23.8 Å². The number of rotatable bonds is 7. The molecule has 186 valence electrons. The monoisotopic (exact) mass is 521 g/mol. The van der Waals surface area contributed by atoms with Crippen molar-refractivity contribution in [3.8, 4) is 0 Å². The highest BCUT2D eigenvalue weighted by molar-refractivity contribution is 6.42. The van der Waals surface area contributed by atoms with E-state index in [1.165, 1.54) is 20.3 Å². The van der Waals surface area contributed by atoms with Crippen molar-refractivity contribution in [2.24, 2.45) is 0 Å². The largest absolute Gasteiger partial charge is 0.466 e. The molecule has 0 saturated heterocycles. The van der Waals surface area contributed by atoms with Crippen molar-refractivity contribution in [2.75, 3.05) is 20.8 Å². The molecule has 9 nitrogen and oxygen atoms in total. The van der Waals surface area contributed by atoms with Gasteiger partial charge < -0.3 is 24.5 Å². The van der Waals surface area contributed by atoms with Crippen LogP contribution >= 0.6 is 23.2 Å². The van der Waals surface area contributed by atoms with Gasteiger partial charge in [0.15, 0.2) is 0 Å². The molecular formula is C24H25Cl2N3O6. The third-order valence-electron chi connectivity index (χ3n) is 5.43. The SMILES string of the molecule is CCOC(=O)C1=C(C(OC)c2cc(=O)[nH]c(C)n2)NC(C)=C(C(=O)OC)C1c1cccc(Cl)c1Cl. The number of esters is 2. The second-order valence-electron chi connectivity index (χ2n) is 7.65. The highest BCUT2D eigenvalue weighted by Crippen LogP contribution is 2.45. The smallest absolute Gasteiger partial charge is 0.336 e. The first-order valence-electron chi connectivity index (χ1n) is 10.7. The van der Waals surface area contributed by atoms with Crippen LogP contribution in [0.2, 0.25) is 10.0 Å². The summed E-state index contributed by atoms with van der Waals surface area (Å²) >= 11 is 12.9. The van der Waals surface area contributed by atoms with Crippen molar-refractivity contribution >= 4 is 35.1 Å². The standard InChI is InChI=1S/C24H25Cl2N3O6/c1-6-35-24(32)19-18(13-8-7-9-14(25)20(13)26)17(23(31)34-5)11(2)27-21(19)22(33-4)15-10-16(30)29-12(3)28-15/h7-10,18,22,27H,6H2,1-5H3,(H,28,29,30). The molecule has 0 saturated carbocycles. The number of H-pyrrole nitrogens is 1. The maximum atomic E-state index is 13.4. The number of dihydropyridines is 1. The van der Waals surface area contributed by atoms with Gasteiger partial charge in [-0.3, -0.25) is 4.79 Å². The molecule has 1 aliphatic rings. The highest BCUT2D eigenvalue weighted by Gasteiger charge is 2.42. The number of allylic oxidation sites excluding steroid dienone is 1. The van der Waals surface area contributed by atoms with Crippen molar-refractivity contribution in [1.82, 2.24) is 15.3 Å². The molecule has 11 heteroatoms. The summed E-state index contributed by atoms with van der Waals surface area (Å²) in [6.45, 7) is 5.01. The first kappa shape index (κ1) is 26.5. The molecular weight excluding hydrogens is 497 g/mol. The molecule has 35 heavy (non-hydrogen) atoms. The van der Waals surface area contributed by atoms with E-state index in [1.54, 1.807) is 39.0 Å². The van der Waals surface area contributed by atoms with E-state index in [9.17, 15) is 14.4 Å². The molecule has 0 spiro atoms. The van der Waals surface area contributed by atoms with Gasteiger partial charge in [-0.15, -0.1) is 0 Å². The fraction of sp³-hybridized carbons (Fsp3) is 0.333. The molecule has 0 aliphatic carbocycles. The summed E-state index contributed by atoms with van der Waals surface area (Å²) in [7, 11) is 2.65. The van der Waals surface area contributed by atoms with Crippen LogP contribution in [0.15, 0.2) is 51.6 Å². The Balaban J connectivity index is 2.40. The number of hydrogen-bond acceptors (Lipinski definition) is 8. The fourth-order valence-electron chi connectivity index (χ4n) is 4.06. The third kappa shape index (κ3) is 5.27. The van der Waals surface area contributed by atoms with E-state index in [4.69, 9.17) is 37.4 Å². The van der Waals surface area contributed by atoms with E-state index in [2.05, 4.69) is 15.3 Å². The third-order valence-corrected chi connectivity index (χ3v) is 6.27. The van der Waals surface area contributed by atoms with E-state index in [1.807, 2.05) is 0 Å². The maximum Gasteiger partial charge on any atom is 0.336 e. The van der Waals surface area contributed by atoms with Gasteiger partial charge in [0.25, 0.3) is 5.56 Å². The van der Waals surface area contributed by atoms with Crippen LogP contribution in [0.3, 0.4) is 0 Å². The molecule has 0 bridgehead atoms. The number of aromatic nitrogens is 2. The minimum Gasteiger partial charge on any atom is -0.466 e. The molecule has 1 aromatic carbocycles. The summed E-state index contributed by atoms with van der Waals surface area (Å²) in [6.07, 6.45) is -0.981. The molecule has 2 N–H and O–H groups in total. The van der Waals surface area contributed by atoms with E-state index >= 15 is 0 Å². The highest BCUT2D eigenvalue weighted by atomic mass is 35.5. The van der Waals surface area contributed by atoms with Crippen LogP contribution in [0.5, 0.6) is 0 Å². The van der Waals surface area contributed by atoms with Crippen LogP contribution in [0.4, 0.5) is 0 Å². The molecule has 2 unspecified atom stereocenters. The molecule has 2 heterocycles. The number of aryl methyl sites for hydroxylation is 1. The van der Waals surface area contributed by atoms with Crippen molar-refractivity contribution in [1.29, 1.82) is 0 Å². The number of benzene rings is 1. The Bertz CT molecular complexity index is 1280. The van der Waals surface area contributed by atoms with Crippen LogP contribution in [0.1, 0.15) is 43.0 Å². The zero-order chi connectivity index (χ0) is 25.9. The quantitative estimate of drug-likeness (QED) is 0.528. The van der Waals surface area contributed by atoms with Crippen molar-refractivity contribution < 1.29 is 23.8 Å². The van der Waals surface area contributed by atoms with Gasteiger partial charge in [-0.2, -0.15) is 0 Å². The number of aromatic amines is 1. The number of halogens is 2. The van der Waals surface area contributed by atoms with Crippen molar-refractivity contribution in [3.05, 3.63) is 84.3 Å². The second-order valence-corrected chi connectivity index (χ2v) is 8.44. The van der Waals surface area contributed by atoms with E-state index in [-0.39, 0.29) is 44.7 Å². The predicted molar refractivity (Wildman–Crippen MR) is 130 cm³/mol. The maximum absolute atomic E-state index is 13.4. The van der Waals surface area contributed by atoms with Gasteiger partial charge in [0.2, 0.25) is 0 Å². The van der Waals surface area contributed by atoms with Gasteiger partial charge in [-0.25, -0.2) is 14.6 Å². The Morgan fingerprint density at radius 1 is 1.14 bits per heavy atom. The first-order valence-corrected chi connectivity index (χ1v) is 11.4. The van der Waals surface area contributed by atoms with Crippen LogP contribution in [0.25, 0.3) is 0 Å². The van der Waals surface area contributed by atoms with Crippen molar-refractivity contribution in [3.63, 3.8) is 0 Å². The predicted octanol–water partition coefficient (Wildman–Crippen LogP) is 3.72. The zero-order valence-corrected chi connectivity index (χ0v) is 21.3. The van der Waals surface area contributed by atoms with Crippen molar-refractivity contribution in [2.45, 2.75) is 32.8 Å². The molecule has 3 rings (SSSR count). The summed E-state index contributed by atoms with van der Waals surface area (Å²) in [5.41, 5.74) is 1.09. The number of carbonyl (C=O) groups is 2. The average Bonchev–Trinajstić information content (AvgIpc) is 2.80. The summed E-state index contributed by atoms with van der Waals surface area (Å²) in [5.74, 6) is -2.03. The number of hydrogen-bond donors (Lipinski definition) is 2. The summed E-state index contributed by atoms with van der Waals surface area (Å²) in [6, 6.07) is 6.19. The lowest BCUT2D eigenvalue weighted by Gasteiger charge is -2.34. The lowest BCUT2D eigenvalue weighted by atomic mass is 9.79. The van der Waals surface area contributed by atoms with Gasteiger partial charge in [0.1, 0.15) is 11.9 Å². The first-order chi connectivity index (χ1) is 16.6.